The Kier molecular flexibility index (Phi) is 7.31. The van der Waals surface area contributed by atoms with Crippen LogP contribution in [-0.2, 0) is 4.79 Å². The topological polar surface area (TPSA) is 53.0 Å². The van der Waals surface area contributed by atoms with Crippen LogP contribution < -0.4 is 4.74 Å². The third-order valence-electron chi connectivity index (χ3n) is 4.39. The minimum Gasteiger partial charge on any atom is -0.493 e. The van der Waals surface area contributed by atoms with E-state index in [1.54, 1.807) is 4.90 Å². The second-order valence-electron chi connectivity index (χ2n) is 6.29. The smallest absolute Gasteiger partial charge is 0.405 e. The van der Waals surface area contributed by atoms with Crippen molar-refractivity contribution < 1.29 is 27.8 Å². The molecule has 0 amide bonds. The fraction of sp³-hybridized carbons (Fsp3) is 0.588. The number of benzene rings is 1. The van der Waals surface area contributed by atoms with E-state index in [1.807, 2.05) is 25.1 Å². The average molecular weight is 439 g/mol. The van der Waals surface area contributed by atoms with E-state index in [0.29, 0.717) is 26.1 Å². The quantitative estimate of drug-likeness (QED) is 0.662. The van der Waals surface area contributed by atoms with Crippen LogP contribution in [0.1, 0.15) is 12.0 Å². The lowest BCUT2D eigenvalue weighted by Crippen LogP contribution is -2.60. The van der Waals surface area contributed by atoms with Crippen LogP contribution in [0.4, 0.5) is 13.2 Å². The first-order valence-electron chi connectivity index (χ1n) is 8.31. The number of hydrogen-bond donors (Lipinski definition) is 1. The maximum Gasteiger partial charge on any atom is 0.405 e. The van der Waals surface area contributed by atoms with Crippen LogP contribution in [0.5, 0.6) is 5.75 Å². The monoisotopic (exact) mass is 438 g/mol. The second-order valence-corrected chi connectivity index (χ2v) is 7.14. The van der Waals surface area contributed by atoms with E-state index in [1.165, 1.54) is 0 Å². The van der Waals surface area contributed by atoms with Crippen LogP contribution in [0, 0.1) is 6.92 Å². The molecular formula is C17H22BrF3N2O3. The number of hydrogen-bond acceptors (Lipinski definition) is 4. The van der Waals surface area contributed by atoms with Gasteiger partial charge in [-0.15, -0.1) is 0 Å². The number of alkyl halides is 3. The maximum absolute atomic E-state index is 13.2. The molecule has 1 fully saturated rings. The van der Waals surface area contributed by atoms with E-state index in [0.717, 1.165) is 20.7 Å². The summed E-state index contributed by atoms with van der Waals surface area (Å²) in [6.07, 6.45) is -3.85. The first kappa shape index (κ1) is 21.0. The molecule has 1 atom stereocenters. The third-order valence-corrected chi connectivity index (χ3v) is 5.24. The lowest BCUT2D eigenvalue weighted by atomic mass is 10.1. The molecule has 9 heteroatoms. The summed E-state index contributed by atoms with van der Waals surface area (Å²) in [5.41, 5.74) is 0.979. The summed E-state index contributed by atoms with van der Waals surface area (Å²) >= 11 is 3.42. The van der Waals surface area contributed by atoms with Gasteiger partial charge in [-0.1, -0.05) is 22.0 Å². The van der Waals surface area contributed by atoms with Crippen molar-refractivity contribution in [3.8, 4) is 5.75 Å². The Hall–Kier alpha value is -1.32. The van der Waals surface area contributed by atoms with Crippen molar-refractivity contribution in [1.82, 2.24) is 9.80 Å². The molecular weight excluding hydrogens is 417 g/mol. The number of halogens is 4. The molecule has 1 aromatic carbocycles. The van der Waals surface area contributed by atoms with Gasteiger partial charge in [-0.25, -0.2) is 0 Å². The molecule has 1 heterocycles. The van der Waals surface area contributed by atoms with Gasteiger partial charge in [-0.05, 0) is 25.5 Å². The number of aliphatic carboxylic acids is 1. The van der Waals surface area contributed by atoms with Gasteiger partial charge in [0, 0.05) is 36.2 Å². The van der Waals surface area contributed by atoms with Gasteiger partial charge in [-0.3, -0.25) is 9.69 Å². The zero-order chi connectivity index (χ0) is 19.3. The van der Waals surface area contributed by atoms with Gasteiger partial charge in [0.15, 0.2) is 0 Å². The van der Waals surface area contributed by atoms with Crippen LogP contribution >= 0.6 is 15.9 Å². The van der Waals surface area contributed by atoms with Crippen LogP contribution in [-0.4, -0.2) is 72.4 Å². The van der Waals surface area contributed by atoms with Crippen molar-refractivity contribution in [3.05, 3.63) is 28.2 Å². The van der Waals surface area contributed by atoms with Gasteiger partial charge in [-0.2, -0.15) is 13.2 Å². The van der Waals surface area contributed by atoms with Gasteiger partial charge in [0.05, 0.1) is 13.2 Å². The largest absolute Gasteiger partial charge is 0.493 e. The summed E-state index contributed by atoms with van der Waals surface area (Å²) in [5, 5.41) is 8.80. The molecule has 0 aliphatic carbocycles. The summed E-state index contributed by atoms with van der Waals surface area (Å²) in [4.78, 5) is 13.5. The SMILES string of the molecule is Cc1c(Br)cccc1OCCCN1CCN(CC(=O)O)[C@H](C(F)(F)F)C1. The number of rotatable bonds is 7. The molecule has 1 saturated heterocycles. The number of carbonyl (C=O) groups is 1. The Morgan fingerprint density at radius 1 is 1.38 bits per heavy atom. The molecule has 2 rings (SSSR count). The maximum atomic E-state index is 13.2. The minimum absolute atomic E-state index is 0.0854. The number of piperazine rings is 1. The summed E-state index contributed by atoms with van der Waals surface area (Å²) in [7, 11) is 0. The summed E-state index contributed by atoms with van der Waals surface area (Å²) in [5.74, 6) is -0.496. The first-order valence-corrected chi connectivity index (χ1v) is 9.10. The highest BCUT2D eigenvalue weighted by atomic mass is 79.9. The van der Waals surface area contributed by atoms with Gasteiger partial charge in [0.2, 0.25) is 0 Å². The molecule has 1 aliphatic heterocycles. The minimum atomic E-state index is -4.45. The molecule has 26 heavy (non-hydrogen) atoms. The highest BCUT2D eigenvalue weighted by Crippen LogP contribution is 2.28. The first-order chi connectivity index (χ1) is 12.2. The molecule has 0 spiro atoms. The number of nitrogens with zero attached hydrogens (tertiary/aromatic N) is 2. The van der Waals surface area contributed by atoms with Crippen LogP contribution in [0.3, 0.4) is 0 Å². The van der Waals surface area contributed by atoms with Crippen LogP contribution in [0.2, 0.25) is 0 Å². The third kappa shape index (κ3) is 5.85. The summed E-state index contributed by atoms with van der Waals surface area (Å²) in [6.45, 7) is 2.49. The van der Waals surface area contributed by atoms with Crippen LogP contribution in [0.25, 0.3) is 0 Å². The molecule has 5 nitrogen and oxygen atoms in total. The van der Waals surface area contributed by atoms with E-state index in [2.05, 4.69) is 15.9 Å². The van der Waals surface area contributed by atoms with Crippen molar-refractivity contribution in [2.24, 2.45) is 0 Å². The van der Waals surface area contributed by atoms with Crippen molar-refractivity contribution >= 4 is 21.9 Å². The fourth-order valence-electron chi connectivity index (χ4n) is 2.97. The van der Waals surface area contributed by atoms with E-state index >= 15 is 0 Å². The number of carboxylic acids is 1. The molecule has 1 N–H and O–H groups in total. The highest BCUT2D eigenvalue weighted by molar-refractivity contribution is 9.10. The van der Waals surface area contributed by atoms with Gasteiger partial charge in [0.1, 0.15) is 11.8 Å². The zero-order valence-electron chi connectivity index (χ0n) is 14.4. The standard InChI is InChI=1S/C17H22BrF3N2O3/c1-12-13(18)4-2-5-14(12)26-9-3-6-22-7-8-23(11-16(24)25)15(10-22)17(19,20)21/h2,4-5,15H,3,6-11H2,1H3,(H,24,25)/t15-/m0/s1. The van der Waals surface area contributed by atoms with Crippen molar-refractivity contribution in [2.45, 2.75) is 25.6 Å². The second kappa shape index (κ2) is 9.05. The summed E-state index contributed by atoms with van der Waals surface area (Å²) in [6, 6.07) is 3.88. The molecule has 1 aromatic rings. The lowest BCUT2D eigenvalue weighted by Gasteiger charge is -2.41. The Bertz CT molecular complexity index is 628. The highest BCUT2D eigenvalue weighted by Gasteiger charge is 2.46. The molecule has 0 saturated carbocycles. The van der Waals surface area contributed by atoms with Crippen LogP contribution in [0.15, 0.2) is 22.7 Å². The normalized spacial score (nSPS) is 19.5. The average Bonchev–Trinajstić information content (AvgIpc) is 2.55. The Balaban J connectivity index is 1.83. The van der Waals surface area contributed by atoms with Gasteiger partial charge < -0.3 is 14.7 Å². The Morgan fingerprint density at radius 3 is 2.77 bits per heavy atom. The van der Waals surface area contributed by atoms with E-state index < -0.39 is 24.7 Å². The zero-order valence-corrected chi connectivity index (χ0v) is 16.0. The Morgan fingerprint density at radius 2 is 2.12 bits per heavy atom. The lowest BCUT2D eigenvalue weighted by molar-refractivity contribution is -0.198. The predicted octanol–water partition coefficient (Wildman–Crippen LogP) is 3.16. The summed E-state index contributed by atoms with van der Waals surface area (Å²) < 4.78 is 46.3. The van der Waals surface area contributed by atoms with Crippen molar-refractivity contribution in [2.75, 3.05) is 39.3 Å². The van der Waals surface area contributed by atoms with E-state index in [-0.39, 0.29) is 13.1 Å². The predicted molar refractivity (Wildman–Crippen MR) is 94.5 cm³/mol. The molecule has 0 unspecified atom stereocenters. The van der Waals surface area contributed by atoms with Crippen molar-refractivity contribution in [3.63, 3.8) is 0 Å². The molecule has 0 aromatic heterocycles. The number of ether oxygens (including phenoxy) is 1. The van der Waals surface area contributed by atoms with Crippen molar-refractivity contribution in [1.29, 1.82) is 0 Å². The Labute approximate surface area is 158 Å². The number of carboxylic acid groups (broad SMARTS) is 1. The van der Waals surface area contributed by atoms with E-state index in [9.17, 15) is 18.0 Å². The van der Waals surface area contributed by atoms with Gasteiger partial charge in [0.25, 0.3) is 0 Å². The molecule has 0 bridgehead atoms. The van der Waals surface area contributed by atoms with Gasteiger partial charge >= 0.3 is 12.1 Å². The van der Waals surface area contributed by atoms with E-state index in [4.69, 9.17) is 9.84 Å². The molecule has 1 aliphatic rings. The molecule has 0 radical (unpaired) electrons. The fourth-order valence-corrected chi connectivity index (χ4v) is 3.32. The molecule has 146 valence electrons.